The first-order valence-electron chi connectivity index (χ1n) is 6.31. The summed E-state index contributed by atoms with van der Waals surface area (Å²) in [5, 5.41) is 4.17. The number of carbonyl (C=O) groups is 4. The highest BCUT2D eigenvalue weighted by Gasteiger charge is 2.23. The van der Waals surface area contributed by atoms with Crippen LogP contribution in [0.3, 0.4) is 0 Å². The van der Waals surface area contributed by atoms with Crippen LogP contribution in [-0.4, -0.2) is 44.1 Å². The Kier molecular flexibility index (Phi) is 6.06. The zero-order chi connectivity index (χ0) is 16.7. The molecule has 0 bridgehead atoms. The molecule has 1 atom stereocenters. The number of hydrogen-bond donors (Lipinski definition) is 2. The molecule has 0 aliphatic rings. The molecule has 0 fully saturated rings. The van der Waals surface area contributed by atoms with Crippen LogP contribution >= 0.6 is 0 Å². The van der Waals surface area contributed by atoms with Crippen LogP contribution in [0.4, 0.5) is 4.79 Å². The Balaban J connectivity index is 2.83. The molecule has 1 rings (SSSR count). The lowest BCUT2D eigenvalue weighted by Gasteiger charge is -2.13. The van der Waals surface area contributed by atoms with Crippen LogP contribution in [0.15, 0.2) is 24.3 Å². The summed E-state index contributed by atoms with van der Waals surface area (Å²) in [6, 6.07) is 5.15. The van der Waals surface area contributed by atoms with E-state index in [2.05, 4.69) is 10.1 Å². The average Bonchev–Trinajstić information content (AvgIpc) is 2.53. The summed E-state index contributed by atoms with van der Waals surface area (Å²) >= 11 is 0. The fourth-order valence-corrected chi connectivity index (χ4v) is 1.50. The van der Waals surface area contributed by atoms with Gasteiger partial charge in [-0.3, -0.25) is 10.1 Å². The lowest BCUT2D eigenvalue weighted by Crippen LogP contribution is -2.43. The van der Waals surface area contributed by atoms with Crippen LogP contribution in [0, 0.1) is 0 Å². The standard InChI is InChI=1S/C14H16N2O6/c1-8(11(17)16-14(20)15-2)22-13(19)10-7-5-4-6-9(10)12(18)21-3/h4-8H,1-3H3,(H2,15,16,17,20). The summed E-state index contributed by atoms with van der Waals surface area (Å²) < 4.78 is 9.51. The van der Waals surface area contributed by atoms with E-state index in [1.807, 2.05) is 5.32 Å². The zero-order valence-electron chi connectivity index (χ0n) is 12.3. The van der Waals surface area contributed by atoms with Crippen LogP contribution in [0.2, 0.25) is 0 Å². The molecule has 0 aromatic heterocycles. The van der Waals surface area contributed by atoms with E-state index in [4.69, 9.17) is 4.74 Å². The molecule has 1 unspecified atom stereocenters. The van der Waals surface area contributed by atoms with E-state index in [1.165, 1.54) is 39.3 Å². The Labute approximate surface area is 126 Å². The Morgan fingerprint density at radius 3 is 2.09 bits per heavy atom. The molecule has 1 aromatic rings. The highest BCUT2D eigenvalue weighted by molar-refractivity contribution is 6.04. The molecule has 0 radical (unpaired) electrons. The van der Waals surface area contributed by atoms with Crippen LogP contribution in [-0.2, 0) is 14.3 Å². The largest absolute Gasteiger partial charge is 0.465 e. The molecule has 0 saturated carbocycles. The van der Waals surface area contributed by atoms with E-state index >= 15 is 0 Å². The molecule has 8 nitrogen and oxygen atoms in total. The molecule has 8 heteroatoms. The third kappa shape index (κ3) is 4.30. The Morgan fingerprint density at radius 2 is 1.59 bits per heavy atom. The monoisotopic (exact) mass is 308 g/mol. The van der Waals surface area contributed by atoms with Gasteiger partial charge in [-0.05, 0) is 19.1 Å². The van der Waals surface area contributed by atoms with Crippen molar-refractivity contribution < 1.29 is 28.7 Å². The number of ether oxygens (including phenoxy) is 2. The van der Waals surface area contributed by atoms with Crippen LogP contribution in [0.25, 0.3) is 0 Å². The third-order valence-corrected chi connectivity index (χ3v) is 2.67. The predicted octanol–water partition coefficient (Wildman–Crippen LogP) is 0.474. The molecule has 1 aromatic carbocycles. The van der Waals surface area contributed by atoms with E-state index in [1.54, 1.807) is 6.07 Å². The lowest BCUT2D eigenvalue weighted by molar-refractivity contribution is -0.127. The predicted molar refractivity (Wildman–Crippen MR) is 75.3 cm³/mol. The fraction of sp³-hybridized carbons (Fsp3) is 0.286. The number of amides is 3. The fourth-order valence-electron chi connectivity index (χ4n) is 1.50. The summed E-state index contributed by atoms with van der Waals surface area (Å²) in [6.45, 7) is 1.30. The van der Waals surface area contributed by atoms with E-state index in [9.17, 15) is 19.2 Å². The van der Waals surface area contributed by atoms with Crippen molar-refractivity contribution in [1.29, 1.82) is 0 Å². The number of nitrogens with one attached hydrogen (secondary N) is 2. The number of methoxy groups -OCH3 is 1. The zero-order valence-corrected chi connectivity index (χ0v) is 12.3. The Hall–Kier alpha value is -2.90. The second-order valence-electron chi connectivity index (χ2n) is 4.15. The minimum absolute atomic E-state index is 0.0221. The Bertz CT molecular complexity index is 599. The van der Waals surface area contributed by atoms with Crippen molar-refractivity contribution in [1.82, 2.24) is 10.6 Å². The molecule has 22 heavy (non-hydrogen) atoms. The first kappa shape index (κ1) is 17.2. The van der Waals surface area contributed by atoms with E-state index in [0.717, 1.165) is 0 Å². The third-order valence-electron chi connectivity index (χ3n) is 2.67. The lowest BCUT2D eigenvalue weighted by atomic mass is 10.1. The van der Waals surface area contributed by atoms with Gasteiger partial charge < -0.3 is 14.8 Å². The summed E-state index contributed by atoms with van der Waals surface area (Å²) in [5.41, 5.74) is -0.0112. The Morgan fingerprint density at radius 1 is 1.05 bits per heavy atom. The van der Waals surface area contributed by atoms with Crippen LogP contribution < -0.4 is 10.6 Å². The number of carbonyl (C=O) groups excluding carboxylic acids is 4. The number of benzene rings is 1. The number of urea groups is 1. The molecule has 0 heterocycles. The molecule has 0 saturated heterocycles. The van der Waals surface area contributed by atoms with Crippen LogP contribution in [0.5, 0.6) is 0 Å². The molecule has 0 aliphatic carbocycles. The van der Waals surface area contributed by atoms with Gasteiger partial charge in [-0.1, -0.05) is 12.1 Å². The molecule has 3 amide bonds. The molecular formula is C14H16N2O6. The maximum absolute atomic E-state index is 12.0. The topological polar surface area (TPSA) is 111 Å². The smallest absolute Gasteiger partial charge is 0.339 e. The minimum atomic E-state index is -1.21. The molecule has 118 valence electrons. The first-order chi connectivity index (χ1) is 10.4. The minimum Gasteiger partial charge on any atom is -0.465 e. The maximum atomic E-state index is 12.0. The summed E-state index contributed by atoms with van der Waals surface area (Å²) in [4.78, 5) is 46.3. The second kappa shape index (κ2) is 7.77. The van der Waals surface area contributed by atoms with Crippen LogP contribution in [0.1, 0.15) is 27.6 Å². The second-order valence-corrected chi connectivity index (χ2v) is 4.15. The van der Waals surface area contributed by atoms with Gasteiger partial charge in [-0.2, -0.15) is 0 Å². The van der Waals surface area contributed by atoms with Crippen molar-refractivity contribution in [3.05, 3.63) is 35.4 Å². The van der Waals surface area contributed by atoms with Gasteiger partial charge in [0, 0.05) is 7.05 Å². The van der Waals surface area contributed by atoms with Gasteiger partial charge >= 0.3 is 18.0 Å². The van der Waals surface area contributed by atoms with Gasteiger partial charge in [0.1, 0.15) is 0 Å². The summed E-state index contributed by atoms with van der Waals surface area (Å²) in [7, 11) is 2.52. The van der Waals surface area contributed by atoms with Crippen molar-refractivity contribution in [3.8, 4) is 0 Å². The van der Waals surface area contributed by atoms with E-state index in [0.29, 0.717) is 0 Å². The quantitative estimate of drug-likeness (QED) is 0.782. The van der Waals surface area contributed by atoms with Crippen molar-refractivity contribution >= 4 is 23.9 Å². The highest BCUT2D eigenvalue weighted by Crippen LogP contribution is 2.12. The summed E-state index contributed by atoms with van der Waals surface area (Å²) in [6.07, 6.45) is -1.21. The molecule has 2 N–H and O–H groups in total. The normalized spacial score (nSPS) is 11.0. The number of imide groups is 1. The highest BCUT2D eigenvalue weighted by atomic mass is 16.5. The summed E-state index contributed by atoms with van der Waals surface area (Å²) in [5.74, 6) is -2.36. The maximum Gasteiger partial charge on any atom is 0.339 e. The first-order valence-corrected chi connectivity index (χ1v) is 6.31. The number of esters is 2. The molecule has 0 spiro atoms. The molecular weight excluding hydrogens is 292 g/mol. The van der Waals surface area contributed by atoms with Crippen molar-refractivity contribution in [2.45, 2.75) is 13.0 Å². The van der Waals surface area contributed by atoms with Gasteiger partial charge in [0.15, 0.2) is 6.10 Å². The van der Waals surface area contributed by atoms with Gasteiger partial charge in [-0.25, -0.2) is 14.4 Å². The SMILES string of the molecule is CNC(=O)NC(=O)C(C)OC(=O)c1ccccc1C(=O)OC. The van der Waals surface area contributed by atoms with Gasteiger partial charge in [-0.15, -0.1) is 0 Å². The average molecular weight is 308 g/mol. The van der Waals surface area contributed by atoms with Gasteiger partial charge in [0.25, 0.3) is 5.91 Å². The van der Waals surface area contributed by atoms with Crippen molar-refractivity contribution in [2.75, 3.05) is 14.2 Å². The van der Waals surface area contributed by atoms with Gasteiger partial charge in [0.05, 0.1) is 18.2 Å². The van der Waals surface area contributed by atoms with Crippen molar-refractivity contribution in [3.63, 3.8) is 0 Å². The van der Waals surface area contributed by atoms with E-state index in [-0.39, 0.29) is 11.1 Å². The molecule has 0 aliphatic heterocycles. The van der Waals surface area contributed by atoms with Crippen molar-refractivity contribution in [2.24, 2.45) is 0 Å². The number of rotatable bonds is 4. The number of hydrogen-bond acceptors (Lipinski definition) is 6. The van der Waals surface area contributed by atoms with E-state index < -0.39 is 30.0 Å². The van der Waals surface area contributed by atoms with Gasteiger partial charge in [0.2, 0.25) is 0 Å².